The van der Waals surface area contributed by atoms with Crippen LogP contribution in [0, 0.1) is 0 Å². The third-order valence-electron chi connectivity index (χ3n) is 16.5. The van der Waals surface area contributed by atoms with Crippen molar-refractivity contribution < 1.29 is 24.5 Å². The number of nitrogens with one attached hydrogen (secondary N) is 1. The minimum absolute atomic E-state index is 0.0104. The van der Waals surface area contributed by atoms with Crippen LogP contribution in [0.5, 0.6) is 0 Å². The van der Waals surface area contributed by atoms with Crippen LogP contribution < -0.4 is 5.32 Å². The van der Waals surface area contributed by atoms with Gasteiger partial charge in [-0.15, -0.1) is 0 Å². The number of esters is 1. The van der Waals surface area contributed by atoms with E-state index in [1.807, 2.05) is 6.08 Å². The summed E-state index contributed by atoms with van der Waals surface area (Å²) in [5.41, 5.74) is 0. The highest BCUT2D eigenvalue weighted by Crippen LogP contribution is 2.19. The van der Waals surface area contributed by atoms with Crippen molar-refractivity contribution in [1.82, 2.24) is 5.32 Å². The minimum atomic E-state index is -0.843. The Kier molecular flexibility index (Phi) is 65.4. The molecule has 0 saturated carbocycles. The van der Waals surface area contributed by atoms with Gasteiger partial charge in [-0.25, -0.2) is 0 Å². The molecule has 2 atom stereocenters. The van der Waals surface area contributed by atoms with Gasteiger partial charge in [-0.3, -0.25) is 9.59 Å². The fraction of sp³-hybridized carbons (Fsp3) is 0.915. The fourth-order valence-corrected chi connectivity index (χ4v) is 11.1. The molecule has 0 aliphatic rings. The summed E-state index contributed by atoms with van der Waals surface area (Å²) < 4.78 is 5.49. The van der Waals surface area contributed by atoms with Gasteiger partial charge in [0.15, 0.2) is 0 Å². The standard InChI is InChI=1S/C71H137NO5/c1-3-5-7-9-11-13-15-17-19-20-32-36-39-43-47-51-55-59-63-69(74)68(67-73)72-70(75)64-60-56-52-48-44-40-37-33-30-28-26-24-22-21-23-25-27-29-31-34-38-42-46-50-54-58-62-66-77-71(76)65-61-57-53-49-45-41-35-18-16-14-12-10-8-6-4-2/h18,35,59,63,68-69,73-74H,3-17,19-34,36-58,60-62,64-67H2,1-2H3,(H,72,75)/b35-18-,63-59+. The fourth-order valence-electron chi connectivity index (χ4n) is 11.1. The molecular weight excluding hydrogens is 947 g/mol. The zero-order valence-electron chi connectivity index (χ0n) is 52.2. The van der Waals surface area contributed by atoms with Gasteiger partial charge in [0.25, 0.3) is 0 Å². The first kappa shape index (κ1) is 75.3. The van der Waals surface area contributed by atoms with E-state index in [-0.39, 0.29) is 18.5 Å². The van der Waals surface area contributed by atoms with Crippen LogP contribution in [0.3, 0.4) is 0 Å². The lowest BCUT2D eigenvalue weighted by molar-refractivity contribution is -0.143. The SMILES string of the molecule is CCCCCCCC/C=C\CCCCCCCC(=O)OCCCCCCCCCCCCCCCCCCCCCCCCCCCCCC(=O)NC(CO)C(O)/C=C/CCCCCCCCCCCCCCCCCC. The predicted molar refractivity (Wildman–Crippen MR) is 338 cm³/mol. The van der Waals surface area contributed by atoms with E-state index >= 15 is 0 Å². The van der Waals surface area contributed by atoms with E-state index in [4.69, 9.17) is 4.74 Å². The van der Waals surface area contributed by atoms with Crippen molar-refractivity contribution in [2.24, 2.45) is 0 Å². The Balaban J connectivity index is 3.37. The third kappa shape index (κ3) is 63.4. The van der Waals surface area contributed by atoms with Crippen LogP contribution in [0.4, 0.5) is 0 Å². The maximum atomic E-state index is 12.5. The molecule has 0 saturated heterocycles. The molecule has 6 heteroatoms. The molecule has 0 bridgehead atoms. The Morgan fingerprint density at radius 1 is 0.351 bits per heavy atom. The van der Waals surface area contributed by atoms with Gasteiger partial charge in [-0.2, -0.15) is 0 Å². The Bertz CT molecular complexity index is 1200. The summed E-state index contributed by atoms with van der Waals surface area (Å²) in [4.78, 5) is 24.6. The van der Waals surface area contributed by atoms with Crippen LogP contribution >= 0.6 is 0 Å². The first-order valence-corrected chi connectivity index (χ1v) is 35.1. The second-order valence-electron chi connectivity index (χ2n) is 24.2. The summed E-state index contributed by atoms with van der Waals surface area (Å²) in [6.07, 6.45) is 84.0. The summed E-state index contributed by atoms with van der Waals surface area (Å²) >= 11 is 0. The van der Waals surface area contributed by atoms with Crippen LogP contribution in [0.2, 0.25) is 0 Å². The van der Waals surface area contributed by atoms with Crippen LogP contribution in [0.25, 0.3) is 0 Å². The summed E-state index contributed by atoms with van der Waals surface area (Å²) in [7, 11) is 0. The number of aliphatic hydroxyl groups is 2. The summed E-state index contributed by atoms with van der Waals surface area (Å²) in [5.74, 6) is -0.0515. The molecule has 0 fully saturated rings. The van der Waals surface area contributed by atoms with Crippen LogP contribution in [-0.2, 0) is 14.3 Å². The molecule has 0 aromatic heterocycles. The molecule has 0 aromatic rings. The molecule has 0 heterocycles. The zero-order valence-corrected chi connectivity index (χ0v) is 52.2. The molecule has 456 valence electrons. The molecule has 6 nitrogen and oxygen atoms in total. The number of carbonyl (C=O) groups is 2. The van der Waals surface area contributed by atoms with Crippen LogP contribution in [-0.4, -0.2) is 47.4 Å². The van der Waals surface area contributed by atoms with Crippen molar-refractivity contribution in [2.75, 3.05) is 13.2 Å². The second-order valence-corrected chi connectivity index (χ2v) is 24.2. The smallest absolute Gasteiger partial charge is 0.305 e. The monoisotopic (exact) mass is 1080 g/mol. The van der Waals surface area contributed by atoms with Gasteiger partial charge in [0.2, 0.25) is 5.91 Å². The quantitative estimate of drug-likeness (QED) is 0.0320. The van der Waals surface area contributed by atoms with Crippen molar-refractivity contribution in [1.29, 1.82) is 0 Å². The van der Waals surface area contributed by atoms with E-state index in [2.05, 4.69) is 31.3 Å². The Labute approximate surface area is 481 Å². The van der Waals surface area contributed by atoms with E-state index in [0.29, 0.717) is 19.4 Å². The van der Waals surface area contributed by atoms with E-state index < -0.39 is 12.1 Å². The molecule has 0 rings (SSSR count). The minimum Gasteiger partial charge on any atom is -0.466 e. The first-order valence-electron chi connectivity index (χ1n) is 35.1. The van der Waals surface area contributed by atoms with Gasteiger partial charge in [-0.05, 0) is 57.8 Å². The predicted octanol–water partition coefficient (Wildman–Crippen LogP) is 22.5. The van der Waals surface area contributed by atoms with Crippen molar-refractivity contribution >= 4 is 11.9 Å². The van der Waals surface area contributed by atoms with E-state index in [1.165, 1.54) is 321 Å². The normalized spacial score (nSPS) is 12.6. The summed E-state index contributed by atoms with van der Waals surface area (Å²) in [6, 6.07) is -0.626. The van der Waals surface area contributed by atoms with Gasteiger partial charge in [0, 0.05) is 12.8 Å². The van der Waals surface area contributed by atoms with Gasteiger partial charge in [0.1, 0.15) is 0 Å². The lowest BCUT2D eigenvalue weighted by atomic mass is 10.0. The van der Waals surface area contributed by atoms with Crippen molar-refractivity contribution in [2.45, 2.75) is 405 Å². The average Bonchev–Trinajstić information content (AvgIpc) is 3.43. The van der Waals surface area contributed by atoms with Crippen molar-refractivity contribution in [3.63, 3.8) is 0 Å². The number of rotatable bonds is 66. The number of aliphatic hydroxyl groups excluding tert-OH is 2. The molecule has 0 aromatic carbocycles. The summed E-state index contributed by atoms with van der Waals surface area (Å²) in [6.45, 7) is 4.93. The van der Waals surface area contributed by atoms with E-state index in [9.17, 15) is 19.8 Å². The molecule has 1 amide bonds. The molecular formula is C71H137NO5. The Hall–Kier alpha value is -1.66. The van der Waals surface area contributed by atoms with Crippen molar-refractivity contribution in [3.05, 3.63) is 24.3 Å². The zero-order chi connectivity index (χ0) is 55.7. The lowest BCUT2D eigenvalue weighted by Gasteiger charge is -2.20. The highest BCUT2D eigenvalue weighted by Gasteiger charge is 2.18. The maximum Gasteiger partial charge on any atom is 0.305 e. The number of amides is 1. The molecule has 0 spiro atoms. The lowest BCUT2D eigenvalue weighted by Crippen LogP contribution is -2.45. The number of unbranched alkanes of at least 4 members (excludes halogenated alkanes) is 53. The topological polar surface area (TPSA) is 95.9 Å². The molecule has 0 aliphatic heterocycles. The molecule has 0 radical (unpaired) electrons. The number of ether oxygens (including phenoxy) is 1. The van der Waals surface area contributed by atoms with Crippen LogP contribution in [0.1, 0.15) is 393 Å². The average molecular weight is 1080 g/mol. The Morgan fingerprint density at radius 2 is 0.610 bits per heavy atom. The van der Waals surface area contributed by atoms with E-state index in [1.54, 1.807) is 6.08 Å². The highest BCUT2D eigenvalue weighted by molar-refractivity contribution is 5.76. The van der Waals surface area contributed by atoms with Gasteiger partial charge < -0.3 is 20.3 Å². The number of allylic oxidation sites excluding steroid dienone is 3. The maximum absolute atomic E-state index is 12.5. The Morgan fingerprint density at radius 3 is 0.922 bits per heavy atom. The number of carbonyl (C=O) groups excluding carboxylic acids is 2. The highest BCUT2D eigenvalue weighted by atomic mass is 16.5. The molecule has 3 N–H and O–H groups in total. The van der Waals surface area contributed by atoms with Crippen molar-refractivity contribution in [3.8, 4) is 0 Å². The van der Waals surface area contributed by atoms with Gasteiger partial charge in [0.05, 0.1) is 25.4 Å². The third-order valence-corrected chi connectivity index (χ3v) is 16.5. The van der Waals surface area contributed by atoms with Gasteiger partial charge in [-0.1, -0.05) is 346 Å². The van der Waals surface area contributed by atoms with Crippen LogP contribution in [0.15, 0.2) is 24.3 Å². The van der Waals surface area contributed by atoms with E-state index in [0.717, 1.165) is 44.9 Å². The molecule has 77 heavy (non-hydrogen) atoms. The second kappa shape index (κ2) is 66.8. The van der Waals surface area contributed by atoms with Gasteiger partial charge >= 0.3 is 5.97 Å². The molecule has 2 unspecified atom stereocenters. The number of hydrogen-bond donors (Lipinski definition) is 3. The largest absolute Gasteiger partial charge is 0.466 e. The first-order chi connectivity index (χ1) is 38.0. The number of hydrogen-bond acceptors (Lipinski definition) is 5. The summed E-state index contributed by atoms with van der Waals surface area (Å²) in [5, 5.41) is 23.2. The molecule has 0 aliphatic carbocycles.